The molecule has 1 unspecified atom stereocenters. The molecule has 0 aliphatic carbocycles. The van der Waals surface area contributed by atoms with E-state index in [0.29, 0.717) is 23.8 Å². The van der Waals surface area contributed by atoms with Crippen molar-refractivity contribution in [3.05, 3.63) is 17.7 Å². The van der Waals surface area contributed by atoms with E-state index in [4.69, 9.17) is 19.9 Å². The van der Waals surface area contributed by atoms with E-state index in [9.17, 15) is 4.79 Å². The van der Waals surface area contributed by atoms with Crippen LogP contribution in [0.5, 0.6) is 17.2 Å². The number of rotatable bonds is 3. The summed E-state index contributed by atoms with van der Waals surface area (Å²) >= 11 is 0. The van der Waals surface area contributed by atoms with Crippen LogP contribution in [0.4, 0.5) is 4.79 Å². The van der Waals surface area contributed by atoms with Crippen molar-refractivity contribution in [3.63, 3.8) is 0 Å². The second-order valence-electron chi connectivity index (χ2n) is 4.46. The maximum absolute atomic E-state index is 11.8. The first-order valence-electron chi connectivity index (χ1n) is 6.28. The van der Waals surface area contributed by atoms with Gasteiger partial charge in [0.2, 0.25) is 12.5 Å². The molecule has 3 rings (SSSR count). The molecule has 0 bridgehead atoms. The number of amidine groups is 1. The third-order valence-electron chi connectivity index (χ3n) is 3.40. The third-order valence-corrected chi connectivity index (χ3v) is 3.40. The second-order valence-corrected chi connectivity index (χ2v) is 4.46. The standard InChI is InChI=1S/C13H15N3O4/c1-3-16-10(12(14)15-13(16)17)7-4-8(18-2)11-9(5-7)19-6-20-11/h4-5,10H,3,6H2,1-2H3,(H2,14,15,17). The number of likely N-dealkylation sites (N-methyl/N-ethyl adjacent to an activating group) is 1. The number of benzene rings is 1. The number of ether oxygens (including phenoxy) is 3. The summed E-state index contributed by atoms with van der Waals surface area (Å²) in [5, 5.41) is 0. The highest BCUT2D eigenvalue weighted by molar-refractivity contribution is 6.03. The number of hydrogen-bond donors (Lipinski definition) is 1. The van der Waals surface area contributed by atoms with Crippen LogP contribution in [0.3, 0.4) is 0 Å². The molecule has 2 aliphatic heterocycles. The van der Waals surface area contributed by atoms with Gasteiger partial charge in [-0.25, -0.2) is 4.79 Å². The molecule has 2 aliphatic rings. The van der Waals surface area contributed by atoms with Crippen LogP contribution < -0.4 is 19.9 Å². The fraction of sp³-hybridized carbons (Fsp3) is 0.385. The molecule has 2 heterocycles. The minimum Gasteiger partial charge on any atom is -0.493 e. The summed E-state index contributed by atoms with van der Waals surface area (Å²) in [5.41, 5.74) is 6.67. The largest absolute Gasteiger partial charge is 0.493 e. The molecule has 0 spiro atoms. The topological polar surface area (TPSA) is 86.4 Å². The molecule has 20 heavy (non-hydrogen) atoms. The number of amides is 2. The number of hydrogen-bond acceptors (Lipinski definition) is 5. The summed E-state index contributed by atoms with van der Waals surface area (Å²) in [4.78, 5) is 17.2. The summed E-state index contributed by atoms with van der Waals surface area (Å²) in [6, 6.07) is 2.88. The Labute approximate surface area is 115 Å². The molecule has 0 saturated carbocycles. The number of carbonyl (C=O) groups is 1. The van der Waals surface area contributed by atoms with Crippen molar-refractivity contribution in [3.8, 4) is 17.2 Å². The summed E-state index contributed by atoms with van der Waals surface area (Å²) in [6.45, 7) is 2.55. The lowest BCUT2D eigenvalue weighted by molar-refractivity contribution is 0.171. The number of carbonyl (C=O) groups excluding carboxylic acids is 1. The van der Waals surface area contributed by atoms with Crippen LogP contribution >= 0.6 is 0 Å². The Balaban J connectivity index is 2.06. The molecule has 106 valence electrons. The van der Waals surface area contributed by atoms with E-state index in [2.05, 4.69) is 4.99 Å². The Morgan fingerprint density at radius 1 is 1.50 bits per heavy atom. The van der Waals surface area contributed by atoms with E-state index in [-0.39, 0.29) is 18.7 Å². The smallest absolute Gasteiger partial charge is 0.346 e. The van der Waals surface area contributed by atoms with E-state index in [1.807, 2.05) is 6.92 Å². The molecule has 7 heteroatoms. The van der Waals surface area contributed by atoms with Crippen LogP contribution in [-0.4, -0.2) is 37.2 Å². The van der Waals surface area contributed by atoms with Gasteiger partial charge in [-0.05, 0) is 24.6 Å². The number of nitrogens with two attached hydrogens (primary N) is 1. The average Bonchev–Trinajstić information content (AvgIpc) is 3.00. The van der Waals surface area contributed by atoms with Crippen LogP contribution in [0, 0.1) is 0 Å². The predicted octanol–water partition coefficient (Wildman–Crippen LogP) is 1.28. The van der Waals surface area contributed by atoms with Gasteiger partial charge in [-0.15, -0.1) is 0 Å². The Morgan fingerprint density at radius 2 is 2.30 bits per heavy atom. The van der Waals surface area contributed by atoms with Gasteiger partial charge in [-0.2, -0.15) is 4.99 Å². The molecule has 1 aromatic rings. The lowest BCUT2D eigenvalue weighted by atomic mass is 10.0. The van der Waals surface area contributed by atoms with Crippen molar-refractivity contribution >= 4 is 11.9 Å². The number of methoxy groups -OCH3 is 1. The van der Waals surface area contributed by atoms with Crippen molar-refractivity contribution in [2.24, 2.45) is 10.7 Å². The molecule has 0 saturated heterocycles. The van der Waals surface area contributed by atoms with Crippen LogP contribution in [0.1, 0.15) is 18.5 Å². The van der Waals surface area contributed by atoms with Gasteiger partial charge in [0.25, 0.3) is 0 Å². The summed E-state index contributed by atoms with van der Waals surface area (Å²) in [5.74, 6) is 1.98. The summed E-state index contributed by atoms with van der Waals surface area (Å²) in [7, 11) is 1.55. The molecule has 0 fully saturated rings. The van der Waals surface area contributed by atoms with Gasteiger partial charge in [0.05, 0.1) is 7.11 Å². The lowest BCUT2D eigenvalue weighted by Crippen LogP contribution is -2.33. The zero-order valence-corrected chi connectivity index (χ0v) is 11.3. The van der Waals surface area contributed by atoms with Crippen molar-refractivity contribution in [1.82, 2.24) is 4.90 Å². The minimum absolute atomic E-state index is 0.153. The van der Waals surface area contributed by atoms with Gasteiger partial charge < -0.3 is 24.8 Å². The van der Waals surface area contributed by atoms with Crippen LogP contribution in [0.25, 0.3) is 0 Å². The average molecular weight is 277 g/mol. The van der Waals surface area contributed by atoms with Gasteiger partial charge >= 0.3 is 6.03 Å². The van der Waals surface area contributed by atoms with Gasteiger partial charge in [0.1, 0.15) is 11.9 Å². The van der Waals surface area contributed by atoms with Crippen molar-refractivity contribution < 1.29 is 19.0 Å². The molecule has 7 nitrogen and oxygen atoms in total. The fourth-order valence-corrected chi connectivity index (χ4v) is 2.48. The molecule has 1 atom stereocenters. The first-order chi connectivity index (χ1) is 9.65. The van der Waals surface area contributed by atoms with E-state index < -0.39 is 6.04 Å². The van der Waals surface area contributed by atoms with Gasteiger partial charge in [-0.3, -0.25) is 0 Å². The molecule has 2 N–H and O–H groups in total. The van der Waals surface area contributed by atoms with E-state index >= 15 is 0 Å². The summed E-state index contributed by atoms with van der Waals surface area (Å²) in [6.07, 6.45) is 0. The number of nitrogens with zero attached hydrogens (tertiary/aromatic N) is 2. The maximum atomic E-state index is 11.8. The molecule has 2 amide bonds. The van der Waals surface area contributed by atoms with Gasteiger partial charge in [-0.1, -0.05) is 0 Å². The second kappa shape index (κ2) is 4.59. The van der Waals surface area contributed by atoms with Crippen molar-refractivity contribution in [1.29, 1.82) is 0 Å². The fourth-order valence-electron chi connectivity index (χ4n) is 2.48. The SMILES string of the molecule is CCN1C(=O)N=C(N)C1c1cc(OC)c2c(c1)OCO2. The highest BCUT2D eigenvalue weighted by Gasteiger charge is 2.35. The Morgan fingerprint density at radius 3 is 3.00 bits per heavy atom. The first-order valence-corrected chi connectivity index (χ1v) is 6.28. The zero-order valence-electron chi connectivity index (χ0n) is 11.3. The minimum atomic E-state index is -0.393. The van der Waals surface area contributed by atoms with E-state index in [1.165, 1.54) is 0 Å². The Bertz CT molecular complexity index is 600. The first kappa shape index (κ1) is 12.6. The molecule has 0 radical (unpaired) electrons. The lowest BCUT2D eigenvalue weighted by Gasteiger charge is -2.23. The van der Waals surface area contributed by atoms with E-state index in [1.54, 1.807) is 24.1 Å². The molecular formula is C13H15N3O4. The maximum Gasteiger partial charge on any atom is 0.346 e. The van der Waals surface area contributed by atoms with E-state index in [0.717, 1.165) is 5.56 Å². The normalized spacial score (nSPS) is 20.3. The molecular weight excluding hydrogens is 262 g/mol. The van der Waals surface area contributed by atoms with Crippen LogP contribution in [-0.2, 0) is 0 Å². The third kappa shape index (κ3) is 1.74. The highest BCUT2D eigenvalue weighted by Crippen LogP contribution is 2.44. The van der Waals surface area contributed by atoms with Gasteiger partial charge in [0, 0.05) is 6.54 Å². The summed E-state index contributed by atoms with van der Waals surface area (Å²) < 4.78 is 16.0. The Hall–Kier alpha value is -2.44. The number of fused-ring (bicyclic) bond motifs is 1. The molecule has 1 aromatic carbocycles. The molecule has 0 aromatic heterocycles. The number of aliphatic imine (C=N–C) groups is 1. The van der Waals surface area contributed by atoms with Crippen molar-refractivity contribution in [2.75, 3.05) is 20.4 Å². The number of urea groups is 1. The van der Waals surface area contributed by atoms with Crippen LogP contribution in [0.2, 0.25) is 0 Å². The monoisotopic (exact) mass is 277 g/mol. The van der Waals surface area contributed by atoms with Crippen LogP contribution in [0.15, 0.2) is 17.1 Å². The van der Waals surface area contributed by atoms with Gasteiger partial charge in [0.15, 0.2) is 11.5 Å². The zero-order chi connectivity index (χ0) is 14.3. The van der Waals surface area contributed by atoms with Crippen molar-refractivity contribution in [2.45, 2.75) is 13.0 Å². The quantitative estimate of drug-likeness (QED) is 0.899. The Kier molecular flexibility index (Phi) is 2.89. The highest BCUT2D eigenvalue weighted by atomic mass is 16.7. The predicted molar refractivity (Wildman–Crippen MR) is 71.3 cm³/mol.